The van der Waals surface area contributed by atoms with Crippen molar-refractivity contribution in [2.75, 3.05) is 18.8 Å². The Hall–Kier alpha value is -1.30. The molecule has 1 aliphatic heterocycles. The summed E-state index contributed by atoms with van der Waals surface area (Å²) in [6.45, 7) is 10.0. The Morgan fingerprint density at radius 3 is 2.52 bits per heavy atom. The summed E-state index contributed by atoms with van der Waals surface area (Å²) in [4.78, 5) is 37.2. The third-order valence-electron chi connectivity index (χ3n) is 2.91. The standard InChI is InChI=1S/C15H24N2O3S/c1-10(2)7-16-12(19)8-17-13(20)9-21-14(17)6-11(18)15(3,4)5/h6,10H,7-9H2,1-5H3,(H,16,19)/b14-6-. The average Bonchev–Trinajstić information content (AvgIpc) is 2.68. The molecule has 1 fully saturated rings. The highest BCUT2D eigenvalue weighted by atomic mass is 32.2. The Morgan fingerprint density at radius 1 is 1.38 bits per heavy atom. The maximum Gasteiger partial charge on any atom is 0.240 e. The molecule has 21 heavy (non-hydrogen) atoms. The van der Waals surface area contributed by atoms with Crippen molar-refractivity contribution in [1.29, 1.82) is 0 Å². The van der Waals surface area contributed by atoms with Crippen LogP contribution in [0.1, 0.15) is 34.6 Å². The number of hydrogen-bond acceptors (Lipinski definition) is 4. The predicted octanol–water partition coefficient (Wildman–Crippen LogP) is 1.79. The van der Waals surface area contributed by atoms with Crippen LogP contribution >= 0.6 is 11.8 Å². The highest BCUT2D eigenvalue weighted by Crippen LogP contribution is 2.30. The predicted molar refractivity (Wildman–Crippen MR) is 84.6 cm³/mol. The van der Waals surface area contributed by atoms with E-state index in [0.29, 0.717) is 17.5 Å². The molecule has 0 aromatic rings. The van der Waals surface area contributed by atoms with Crippen LogP contribution in [0.25, 0.3) is 0 Å². The molecule has 118 valence electrons. The van der Waals surface area contributed by atoms with Crippen molar-refractivity contribution >= 4 is 29.4 Å². The minimum absolute atomic E-state index is 0.0260. The number of nitrogens with one attached hydrogen (secondary N) is 1. The number of ketones is 1. The fourth-order valence-electron chi connectivity index (χ4n) is 1.55. The Kier molecular flexibility index (Phi) is 6.01. The molecule has 0 unspecified atom stereocenters. The van der Waals surface area contributed by atoms with Crippen molar-refractivity contribution in [3.8, 4) is 0 Å². The molecule has 1 heterocycles. The number of amides is 2. The van der Waals surface area contributed by atoms with E-state index in [1.165, 1.54) is 22.7 Å². The summed E-state index contributed by atoms with van der Waals surface area (Å²) in [5.41, 5.74) is -0.495. The fourth-order valence-corrected chi connectivity index (χ4v) is 2.49. The van der Waals surface area contributed by atoms with E-state index in [1.54, 1.807) is 0 Å². The third kappa shape index (κ3) is 5.53. The van der Waals surface area contributed by atoms with Gasteiger partial charge >= 0.3 is 0 Å². The molecule has 0 atom stereocenters. The van der Waals surface area contributed by atoms with Crippen LogP contribution in [0.5, 0.6) is 0 Å². The summed E-state index contributed by atoms with van der Waals surface area (Å²) in [7, 11) is 0. The van der Waals surface area contributed by atoms with Crippen molar-refractivity contribution < 1.29 is 14.4 Å². The molecule has 1 N–H and O–H groups in total. The number of hydrogen-bond donors (Lipinski definition) is 1. The van der Waals surface area contributed by atoms with Gasteiger partial charge < -0.3 is 5.32 Å². The highest BCUT2D eigenvalue weighted by Gasteiger charge is 2.30. The normalized spacial score (nSPS) is 17.7. The largest absolute Gasteiger partial charge is 0.354 e. The Balaban J connectivity index is 2.74. The molecule has 0 spiro atoms. The molecule has 0 saturated carbocycles. The summed E-state index contributed by atoms with van der Waals surface area (Å²) < 4.78 is 0. The zero-order valence-electron chi connectivity index (χ0n) is 13.4. The number of thioether (sulfide) groups is 1. The minimum atomic E-state index is -0.495. The van der Waals surface area contributed by atoms with Gasteiger partial charge in [-0.3, -0.25) is 19.3 Å². The van der Waals surface area contributed by atoms with Crippen LogP contribution in [0.3, 0.4) is 0 Å². The smallest absolute Gasteiger partial charge is 0.240 e. The summed E-state index contributed by atoms with van der Waals surface area (Å²) in [5, 5.41) is 3.35. The monoisotopic (exact) mass is 312 g/mol. The minimum Gasteiger partial charge on any atom is -0.354 e. The van der Waals surface area contributed by atoms with E-state index in [4.69, 9.17) is 0 Å². The van der Waals surface area contributed by atoms with E-state index in [0.717, 1.165) is 0 Å². The summed E-state index contributed by atoms with van der Waals surface area (Å²) in [6.07, 6.45) is 1.48. The SMILES string of the molecule is CC(C)CNC(=O)CN1C(=O)CS/C1=C\C(=O)C(C)(C)C. The van der Waals surface area contributed by atoms with E-state index in [1.807, 2.05) is 34.6 Å². The van der Waals surface area contributed by atoms with Gasteiger partial charge in [0.25, 0.3) is 0 Å². The Morgan fingerprint density at radius 2 is 2.00 bits per heavy atom. The second kappa shape index (κ2) is 7.11. The maximum atomic E-state index is 12.0. The first-order valence-corrected chi connectivity index (χ1v) is 8.06. The van der Waals surface area contributed by atoms with Crippen LogP contribution in [-0.2, 0) is 14.4 Å². The van der Waals surface area contributed by atoms with Gasteiger partial charge in [-0.05, 0) is 5.92 Å². The van der Waals surface area contributed by atoms with Crippen LogP contribution < -0.4 is 5.32 Å². The summed E-state index contributed by atoms with van der Waals surface area (Å²) in [6, 6.07) is 0. The van der Waals surface area contributed by atoms with Gasteiger partial charge in [0, 0.05) is 18.0 Å². The van der Waals surface area contributed by atoms with Crippen LogP contribution in [0.4, 0.5) is 0 Å². The number of allylic oxidation sites excluding steroid dienone is 1. The van der Waals surface area contributed by atoms with E-state index in [9.17, 15) is 14.4 Å². The van der Waals surface area contributed by atoms with Gasteiger partial charge in [0.1, 0.15) is 6.54 Å². The van der Waals surface area contributed by atoms with Crippen LogP contribution in [0.15, 0.2) is 11.1 Å². The van der Waals surface area contributed by atoms with Crippen molar-refractivity contribution in [1.82, 2.24) is 10.2 Å². The third-order valence-corrected chi connectivity index (χ3v) is 3.94. The fraction of sp³-hybridized carbons (Fsp3) is 0.667. The Bertz CT molecular complexity index is 464. The second-order valence-electron chi connectivity index (χ2n) is 6.56. The van der Waals surface area contributed by atoms with Crippen molar-refractivity contribution in [2.45, 2.75) is 34.6 Å². The molecule has 0 aromatic heterocycles. The zero-order valence-corrected chi connectivity index (χ0v) is 14.2. The van der Waals surface area contributed by atoms with Crippen molar-refractivity contribution in [3.05, 3.63) is 11.1 Å². The zero-order chi connectivity index (χ0) is 16.2. The second-order valence-corrected chi connectivity index (χ2v) is 7.56. The molecule has 2 amide bonds. The molecule has 0 aromatic carbocycles. The molecular formula is C15H24N2O3S. The van der Waals surface area contributed by atoms with Gasteiger partial charge in [0.2, 0.25) is 11.8 Å². The lowest BCUT2D eigenvalue weighted by Gasteiger charge is -2.19. The highest BCUT2D eigenvalue weighted by molar-refractivity contribution is 8.04. The molecule has 0 bridgehead atoms. The average molecular weight is 312 g/mol. The quantitative estimate of drug-likeness (QED) is 0.786. The first-order valence-electron chi connectivity index (χ1n) is 7.07. The van der Waals surface area contributed by atoms with Gasteiger partial charge in [-0.1, -0.05) is 46.4 Å². The van der Waals surface area contributed by atoms with Crippen LogP contribution in [0, 0.1) is 11.3 Å². The van der Waals surface area contributed by atoms with E-state index in [2.05, 4.69) is 5.32 Å². The number of carbonyl (C=O) groups excluding carboxylic acids is 3. The maximum absolute atomic E-state index is 12.0. The molecule has 5 nitrogen and oxygen atoms in total. The van der Waals surface area contributed by atoms with Gasteiger partial charge in [-0.15, -0.1) is 0 Å². The van der Waals surface area contributed by atoms with Crippen molar-refractivity contribution in [2.24, 2.45) is 11.3 Å². The number of nitrogens with zero attached hydrogens (tertiary/aromatic N) is 1. The topological polar surface area (TPSA) is 66.5 Å². The van der Waals surface area contributed by atoms with Gasteiger partial charge in [-0.25, -0.2) is 0 Å². The first-order chi connectivity index (χ1) is 9.61. The van der Waals surface area contributed by atoms with E-state index < -0.39 is 5.41 Å². The summed E-state index contributed by atoms with van der Waals surface area (Å²) >= 11 is 1.31. The van der Waals surface area contributed by atoms with Gasteiger partial charge in [0.05, 0.1) is 10.8 Å². The number of rotatable bonds is 5. The van der Waals surface area contributed by atoms with Crippen molar-refractivity contribution in [3.63, 3.8) is 0 Å². The van der Waals surface area contributed by atoms with E-state index >= 15 is 0 Å². The van der Waals surface area contributed by atoms with Crippen LogP contribution in [0.2, 0.25) is 0 Å². The van der Waals surface area contributed by atoms with Gasteiger partial charge in [-0.2, -0.15) is 0 Å². The summed E-state index contributed by atoms with van der Waals surface area (Å²) in [5.74, 6) is 0.254. The molecule has 1 aliphatic rings. The first kappa shape index (κ1) is 17.8. The number of carbonyl (C=O) groups is 3. The molecule has 0 aliphatic carbocycles. The van der Waals surface area contributed by atoms with E-state index in [-0.39, 0.29) is 29.9 Å². The molecule has 1 rings (SSSR count). The lowest BCUT2D eigenvalue weighted by atomic mass is 9.91. The lowest BCUT2D eigenvalue weighted by Crippen LogP contribution is -2.39. The Labute approximate surface area is 130 Å². The van der Waals surface area contributed by atoms with Gasteiger partial charge in [0.15, 0.2) is 5.78 Å². The molecule has 6 heteroatoms. The van der Waals surface area contributed by atoms with Crippen LogP contribution in [-0.4, -0.2) is 41.3 Å². The lowest BCUT2D eigenvalue weighted by molar-refractivity contribution is -0.131. The molecular weight excluding hydrogens is 288 g/mol. The molecule has 1 saturated heterocycles. The molecule has 0 radical (unpaired) electrons.